The summed E-state index contributed by atoms with van der Waals surface area (Å²) in [5.41, 5.74) is 0. The van der Waals surface area contributed by atoms with Gasteiger partial charge in [0.2, 0.25) is 0 Å². The molecule has 0 radical (unpaired) electrons. The van der Waals surface area contributed by atoms with Crippen LogP contribution in [0.2, 0.25) is 0 Å². The highest BCUT2D eigenvalue weighted by atomic mass is 17.2. The predicted molar refractivity (Wildman–Crippen MR) is 103 cm³/mol. The van der Waals surface area contributed by atoms with Crippen LogP contribution >= 0.6 is 0 Å². The monoisotopic (exact) mass is 430 g/mol. The SMILES string of the molecule is CCCOC(=O)/C=C(/OO/C(=C/C(=O)OCCC)C(=O)OCCC)C(=O)OCCC. The summed E-state index contributed by atoms with van der Waals surface area (Å²) in [6.07, 6.45) is 3.64. The first kappa shape index (κ1) is 27.0. The van der Waals surface area contributed by atoms with Gasteiger partial charge in [0, 0.05) is 0 Å². The van der Waals surface area contributed by atoms with Gasteiger partial charge in [-0.2, -0.15) is 0 Å². The maximum atomic E-state index is 12.1. The Bertz CT molecular complexity index is 567. The van der Waals surface area contributed by atoms with Crippen LogP contribution in [-0.2, 0) is 47.9 Å². The van der Waals surface area contributed by atoms with Gasteiger partial charge in [0.15, 0.2) is 0 Å². The van der Waals surface area contributed by atoms with Crippen LogP contribution in [0.25, 0.3) is 0 Å². The molecule has 0 aromatic rings. The van der Waals surface area contributed by atoms with E-state index in [9.17, 15) is 19.2 Å². The van der Waals surface area contributed by atoms with Crippen molar-refractivity contribution in [2.75, 3.05) is 26.4 Å². The molecule has 10 nitrogen and oxygen atoms in total. The van der Waals surface area contributed by atoms with Crippen LogP contribution in [0.4, 0.5) is 0 Å². The number of hydrogen-bond donors (Lipinski definition) is 0. The first-order chi connectivity index (χ1) is 14.4. The van der Waals surface area contributed by atoms with E-state index in [0.717, 1.165) is 12.2 Å². The van der Waals surface area contributed by atoms with Gasteiger partial charge in [-0.05, 0) is 25.7 Å². The molecule has 0 fully saturated rings. The standard InChI is InChI=1S/C20H30O10/c1-5-9-25-17(21)13-15(19(23)27-11-7-3)29-30-16(20(24)28-12-8-4)14-18(22)26-10-6-2/h13-14H,5-12H2,1-4H3/b15-13+,16-14+. The first-order valence-electron chi connectivity index (χ1n) is 9.85. The summed E-state index contributed by atoms with van der Waals surface area (Å²) >= 11 is 0. The summed E-state index contributed by atoms with van der Waals surface area (Å²) in [4.78, 5) is 57.4. The molecule has 0 atom stereocenters. The highest BCUT2D eigenvalue weighted by Gasteiger charge is 2.23. The molecular formula is C20H30O10. The van der Waals surface area contributed by atoms with E-state index in [1.54, 1.807) is 27.7 Å². The molecular weight excluding hydrogens is 400 g/mol. The maximum Gasteiger partial charge on any atom is 0.379 e. The molecule has 0 saturated heterocycles. The van der Waals surface area contributed by atoms with E-state index in [-0.39, 0.29) is 26.4 Å². The van der Waals surface area contributed by atoms with Crippen LogP contribution in [-0.4, -0.2) is 50.3 Å². The summed E-state index contributed by atoms with van der Waals surface area (Å²) in [5.74, 6) is -5.10. The van der Waals surface area contributed by atoms with Gasteiger partial charge < -0.3 is 18.9 Å². The van der Waals surface area contributed by atoms with Crippen molar-refractivity contribution >= 4 is 23.9 Å². The number of ether oxygens (including phenoxy) is 4. The molecule has 10 heteroatoms. The van der Waals surface area contributed by atoms with Gasteiger partial charge in [-0.3, -0.25) is 9.78 Å². The molecule has 0 spiro atoms. The topological polar surface area (TPSA) is 124 Å². The van der Waals surface area contributed by atoms with E-state index < -0.39 is 35.4 Å². The van der Waals surface area contributed by atoms with Crippen LogP contribution in [0.5, 0.6) is 0 Å². The maximum absolute atomic E-state index is 12.1. The van der Waals surface area contributed by atoms with Crippen molar-refractivity contribution in [3.8, 4) is 0 Å². The van der Waals surface area contributed by atoms with Gasteiger partial charge in [-0.1, -0.05) is 27.7 Å². The van der Waals surface area contributed by atoms with E-state index in [0.29, 0.717) is 25.7 Å². The average molecular weight is 430 g/mol. The molecule has 0 heterocycles. The first-order valence-corrected chi connectivity index (χ1v) is 9.85. The zero-order valence-electron chi connectivity index (χ0n) is 17.9. The van der Waals surface area contributed by atoms with E-state index in [1.165, 1.54) is 0 Å². The number of carbonyl (C=O) groups excluding carboxylic acids is 4. The minimum absolute atomic E-state index is 0.0636. The van der Waals surface area contributed by atoms with E-state index in [4.69, 9.17) is 28.7 Å². The molecule has 0 aliphatic carbocycles. The number of rotatable bonds is 15. The van der Waals surface area contributed by atoms with Crippen LogP contribution in [0.3, 0.4) is 0 Å². The van der Waals surface area contributed by atoms with Crippen LogP contribution < -0.4 is 0 Å². The van der Waals surface area contributed by atoms with E-state index >= 15 is 0 Å². The van der Waals surface area contributed by atoms with Crippen molar-refractivity contribution in [1.29, 1.82) is 0 Å². The Balaban J connectivity index is 5.44. The molecule has 0 amide bonds. The fourth-order valence-electron chi connectivity index (χ4n) is 1.56. The zero-order valence-corrected chi connectivity index (χ0v) is 17.9. The number of esters is 4. The molecule has 0 unspecified atom stereocenters. The fraction of sp³-hybridized carbons (Fsp3) is 0.600. The highest BCUT2D eigenvalue weighted by Crippen LogP contribution is 2.10. The Labute approximate surface area is 176 Å². The van der Waals surface area contributed by atoms with Crippen molar-refractivity contribution in [2.24, 2.45) is 0 Å². The van der Waals surface area contributed by atoms with Crippen molar-refractivity contribution in [2.45, 2.75) is 53.4 Å². The largest absolute Gasteiger partial charge is 0.462 e. The van der Waals surface area contributed by atoms with Gasteiger partial charge >= 0.3 is 23.9 Å². The lowest BCUT2D eigenvalue weighted by molar-refractivity contribution is -0.236. The summed E-state index contributed by atoms with van der Waals surface area (Å²) < 4.78 is 19.5. The lowest BCUT2D eigenvalue weighted by Crippen LogP contribution is -2.18. The van der Waals surface area contributed by atoms with Crippen molar-refractivity contribution < 1.29 is 47.9 Å². The van der Waals surface area contributed by atoms with Crippen molar-refractivity contribution in [1.82, 2.24) is 0 Å². The Morgan fingerprint density at radius 2 is 0.833 bits per heavy atom. The summed E-state index contributed by atoms with van der Waals surface area (Å²) in [7, 11) is 0. The van der Waals surface area contributed by atoms with Crippen LogP contribution in [0.15, 0.2) is 23.7 Å². The lowest BCUT2D eigenvalue weighted by atomic mass is 10.4. The quantitative estimate of drug-likeness (QED) is 0.0956. The molecule has 0 aliphatic heterocycles. The number of hydrogen-bond acceptors (Lipinski definition) is 10. The average Bonchev–Trinajstić information content (AvgIpc) is 2.74. The second kappa shape index (κ2) is 16.9. The third kappa shape index (κ3) is 12.4. The van der Waals surface area contributed by atoms with Gasteiger partial charge in [0.25, 0.3) is 11.5 Å². The predicted octanol–water partition coefficient (Wildman–Crippen LogP) is 2.52. The normalized spacial score (nSPS) is 11.3. The van der Waals surface area contributed by atoms with E-state index in [1.807, 2.05) is 0 Å². The Hall–Kier alpha value is -3.04. The Kier molecular flexibility index (Phi) is 15.2. The summed E-state index contributed by atoms with van der Waals surface area (Å²) in [6.45, 7) is 7.53. The molecule has 170 valence electrons. The smallest absolute Gasteiger partial charge is 0.379 e. The highest BCUT2D eigenvalue weighted by molar-refractivity contribution is 5.95. The fourth-order valence-corrected chi connectivity index (χ4v) is 1.56. The van der Waals surface area contributed by atoms with Crippen LogP contribution in [0, 0.1) is 0 Å². The Morgan fingerprint density at radius 1 is 0.533 bits per heavy atom. The van der Waals surface area contributed by atoms with E-state index in [2.05, 4.69) is 0 Å². The van der Waals surface area contributed by atoms with Crippen LogP contribution in [0.1, 0.15) is 53.4 Å². The van der Waals surface area contributed by atoms with Crippen molar-refractivity contribution in [3.63, 3.8) is 0 Å². The molecule has 0 aromatic carbocycles. The Morgan fingerprint density at radius 3 is 1.13 bits per heavy atom. The molecule has 0 saturated carbocycles. The minimum atomic E-state index is -1.01. The second-order valence-corrected chi connectivity index (χ2v) is 5.79. The van der Waals surface area contributed by atoms with Gasteiger partial charge in [0.05, 0.1) is 38.6 Å². The molecule has 0 bridgehead atoms. The molecule has 0 aliphatic rings. The second-order valence-electron chi connectivity index (χ2n) is 5.79. The minimum Gasteiger partial charge on any atom is -0.462 e. The van der Waals surface area contributed by atoms with Gasteiger partial charge in [-0.25, -0.2) is 19.2 Å². The third-order valence-electron chi connectivity index (χ3n) is 2.89. The molecule has 0 rings (SSSR count). The molecule has 30 heavy (non-hydrogen) atoms. The molecule has 0 N–H and O–H groups in total. The number of carbonyl (C=O) groups is 4. The lowest BCUT2D eigenvalue weighted by Gasteiger charge is -2.11. The zero-order chi connectivity index (χ0) is 22.8. The van der Waals surface area contributed by atoms with Crippen molar-refractivity contribution in [3.05, 3.63) is 23.7 Å². The summed E-state index contributed by atoms with van der Waals surface area (Å²) in [6, 6.07) is 0. The third-order valence-corrected chi connectivity index (χ3v) is 2.89. The van der Waals surface area contributed by atoms with Gasteiger partial charge in [0.1, 0.15) is 0 Å². The molecule has 0 aromatic heterocycles. The van der Waals surface area contributed by atoms with Gasteiger partial charge in [-0.15, -0.1) is 0 Å². The summed E-state index contributed by atoms with van der Waals surface area (Å²) in [5, 5.41) is 0.